The van der Waals surface area contributed by atoms with Gasteiger partial charge >= 0.3 is 6.18 Å². The van der Waals surface area contributed by atoms with Gasteiger partial charge in [0.2, 0.25) is 5.95 Å². The summed E-state index contributed by atoms with van der Waals surface area (Å²) < 4.78 is 38.8. The Morgan fingerprint density at radius 2 is 1.73 bits per heavy atom. The average Bonchev–Trinajstić information content (AvgIpc) is 3.11. The quantitative estimate of drug-likeness (QED) is 0.787. The summed E-state index contributed by atoms with van der Waals surface area (Å²) in [6.45, 7) is 4.73. The average molecular weight is 442 g/mol. The molecule has 1 aromatic carbocycles. The van der Waals surface area contributed by atoms with Crippen LogP contribution in [0.2, 0.25) is 5.02 Å². The summed E-state index contributed by atoms with van der Waals surface area (Å²) in [5.41, 5.74) is 0.225. The Balaban J connectivity index is 1.34. The van der Waals surface area contributed by atoms with E-state index in [0.29, 0.717) is 11.6 Å². The van der Waals surface area contributed by atoms with Crippen LogP contribution in [0.3, 0.4) is 0 Å². The van der Waals surface area contributed by atoms with Gasteiger partial charge in [-0.15, -0.1) is 0 Å². The predicted octanol–water partition coefficient (Wildman–Crippen LogP) is 2.52. The summed E-state index contributed by atoms with van der Waals surface area (Å²) in [5.74, 6) is 0.00718. The first-order valence-corrected chi connectivity index (χ1v) is 10.2. The van der Waals surface area contributed by atoms with E-state index in [1.165, 1.54) is 5.56 Å². The topological polar surface area (TPSA) is 55.7 Å². The number of alkyl halides is 3. The molecule has 2 fully saturated rings. The Hall–Kier alpha value is -1.94. The van der Waals surface area contributed by atoms with Gasteiger partial charge < -0.3 is 10.0 Å². The number of nitrogens with zero attached hydrogens (tertiary/aromatic N) is 5. The molecule has 1 N–H and O–H groups in total. The third kappa shape index (κ3) is 4.85. The van der Waals surface area contributed by atoms with Crippen molar-refractivity contribution in [2.75, 3.05) is 44.2 Å². The summed E-state index contributed by atoms with van der Waals surface area (Å²) in [6, 6.07) is 8.50. The number of aliphatic hydroxyl groups excluding tert-OH is 1. The molecule has 0 radical (unpaired) electrons. The maximum Gasteiger partial charge on any atom is 0.433 e. The molecule has 0 bridgehead atoms. The number of β-amino-alcohol motifs (C(OH)–C–C–N with tert-alkyl or cyclic N) is 1. The Bertz CT molecular complexity index is 858. The molecule has 2 aliphatic heterocycles. The van der Waals surface area contributed by atoms with Crippen molar-refractivity contribution in [3.05, 3.63) is 52.8 Å². The Labute approximate surface area is 177 Å². The summed E-state index contributed by atoms with van der Waals surface area (Å²) >= 11 is 5.93. The van der Waals surface area contributed by atoms with Gasteiger partial charge in [0, 0.05) is 57.0 Å². The molecular weight excluding hydrogens is 419 g/mol. The van der Waals surface area contributed by atoms with Crippen molar-refractivity contribution in [1.82, 2.24) is 19.8 Å². The van der Waals surface area contributed by atoms with E-state index in [1.54, 1.807) is 4.90 Å². The Morgan fingerprint density at radius 1 is 1.03 bits per heavy atom. The number of halogens is 4. The van der Waals surface area contributed by atoms with Gasteiger partial charge in [-0.1, -0.05) is 23.7 Å². The number of piperazine rings is 1. The van der Waals surface area contributed by atoms with E-state index in [1.807, 2.05) is 24.3 Å². The van der Waals surface area contributed by atoms with E-state index in [-0.39, 0.29) is 18.5 Å². The van der Waals surface area contributed by atoms with Crippen LogP contribution in [0.1, 0.15) is 11.3 Å². The van der Waals surface area contributed by atoms with Crippen molar-refractivity contribution in [3.63, 3.8) is 0 Å². The SMILES string of the molecule is OC1CN(c2nccc(C(F)(F)F)n2)CC1N1CCN(Cc2ccc(Cl)cc2)CC1. The first-order valence-electron chi connectivity index (χ1n) is 9.84. The monoisotopic (exact) mass is 441 g/mol. The van der Waals surface area contributed by atoms with Gasteiger partial charge in [0.1, 0.15) is 5.69 Å². The minimum atomic E-state index is -4.52. The number of benzene rings is 1. The standard InChI is InChI=1S/C20H23ClF3N5O/c21-15-3-1-14(2-4-15)11-27-7-9-28(10-8-27)16-12-29(13-17(16)30)19-25-6-5-18(26-19)20(22,23)24/h1-6,16-17,30H,7-13H2. The number of rotatable bonds is 4. The van der Waals surface area contributed by atoms with Crippen LogP contribution in [0.5, 0.6) is 0 Å². The minimum Gasteiger partial charge on any atom is -0.390 e. The molecule has 0 saturated carbocycles. The molecule has 4 rings (SSSR count). The van der Waals surface area contributed by atoms with Crippen LogP contribution in [0, 0.1) is 0 Å². The maximum atomic E-state index is 12.9. The number of hydrogen-bond acceptors (Lipinski definition) is 6. The molecule has 2 unspecified atom stereocenters. The second kappa shape index (κ2) is 8.66. The van der Waals surface area contributed by atoms with Crippen LogP contribution < -0.4 is 4.90 Å². The normalized spacial score (nSPS) is 23.8. The second-order valence-corrected chi connectivity index (χ2v) is 8.15. The fraction of sp³-hybridized carbons (Fsp3) is 0.500. The minimum absolute atomic E-state index is 0.00718. The number of anilines is 1. The number of aliphatic hydroxyl groups is 1. The van der Waals surface area contributed by atoms with Gasteiger partial charge in [0.15, 0.2) is 0 Å². The predicted molar refractivity (Wildman–Crippen MR) is 107 cm³/mol. The van der Waals surface area contributed by atoms with Crippen LogP contribution in [-0.4, -0.2) is 76.3 Å². The summed E-state index contributed by atoms with van der Waals surface area (Å²) in [7, 11) is 0. The molecule has 2 aliphatic rings. The third-order valence-electron chi connectivity index (χ3n) is 5.67. The van der Waals surface area contributed by atoms with Gasteiger partial charge in [-0.05, 0) is 23.8 Å². The molecule has 2 saturated heterocycles. The molecule has 3 heterocycles. The lowest BCUT2D eigenvalue weighted by Gasteiger charge is -2.38. The number of hydrogen-bond donors (Lipinski definition) is 1. The molecule has 0 spiro atoms. The fourth-order valence-corrected chi connectivity index (χ4v) is 4.18. The molecular formula is C20H23ClF3N5O. The van der Waals surface area contributed by atoms with E-state index in [0.717, 1.165) is 45.0 Å². The summed E-state index contributed by atoms with van der Waals surface area (Å²) in [4.78, 5) is 13.8. The van der Waals surface area contributed by atoms with E-state index in [4.69, 9.17) is 11.6 Å². The van der Waals surface area contributed by atoms with E-state index < -0.39 is 18.0 Å². The molecule has 30 heavy (non-hydrogen) atoms. The van der Waals surface area contributed by atoms with Crippen LogP contribution in [-0.2, 0) is 12.7 Å². The van der Waals surface area contributed by atoms with Crippen molar-refractivity contribution in [3.8, 4) is 0 Å². The maximum absolute atomic E-state index is 12.9. The van der Waals surface area contributed by atoms with Gasteiger partial charge in [0.05, 0.1) is 12.1 Å². The zero-order chi connectivity index (χ0) is 21.3. The zero-order valence-corrected chi connectivity index (χ0v) is 17.0. The molecule has 0 aliphatic carbocycles. The smallest absolute Gasteiger partial charge is 0.390 e. The van der Waals surface area contributed by atoms with Crippen molar-refractivity contribution in [2.24, 2.45) is 0 Å². The van der Waals surface area contributed by atoms with Crippen LogP contribution >= 0.6 is 11.6 Å². The summed E-state index contributed by atoms with van der Waals surface area (Å²) in [6.07, 6.45) is -4.07. The van der Waals surface area contributed by atoms with Gasteiger partial charge in [-0.25, -0.2) is 9.97 Å². The second-order valence-electron chi connectivity index (χ2n) is 7.72. The highest BCUT2D eigenvalue weighted by molar-refractivity contribution is 6.30. The Kier molecular flexibility index (Phi) is 6.15. The lowest BCUT2D eigenvalue weighted by Crippen LogP contribution is -2.53. The third-order valence-corrected chi connectivity index (χ3v) is 5.92. The molecule has 2 atom stereocenters. The first-order chi connectivity index (χ1) is 14.3. The highest BCUT2D eigenvalue weighted by Gasteiger charge is 2.39. The highest BCUT2D eigenvalue weighted by atomic mass is 35.5. The Morgan fingerprint density at radius 3 is 2.40 bits per heavy atom. The molecule has 1 aromatic heterocycles. The van der Waals surface area contributed by atoms with E-state index >= 15 is 0 Å². The van der Waals surface area contributed by atoms with Crippen molar-refractivity contribution in [1.29, 1.82) is 0 Å². The first kappa shape index (κ1) is 21.3. The molecule has 162 valence electrons. The van der Waals surface area contributed by atoms with Crippen molar-refractivity contribution >= 4 is 17.5 Å². The molecule has 6 nitrogen and oxygen atoms in total. The van der Waals surface area contributed by atoms with Gasteiger partial charge in [0.25, 0.3) is 0 Å². The largest absolute Gasteiger partial charge is 0.433 e. The lowest BCUT2D eigenvalue weighted by atomic mass is 10.1. The van der Waals surface area contributed by atoms with E-state index in [9.17, 15) is 18.3 Å². The van der Waals surface area contributed by atoms with E-state index in [2.05, 4.69) is 19.8 Å². The van der Waals surface area contributed by atoms with Crippen molar-refractivity contribution in [2.45, 2.75) is 24.9 Å². The van der Waals surface area contributed by atoms with Crippen molar-refractivity contribution < 1.29 is 18.3 Å². The number of aromatic nitrogens is 2. The molecule has 0 amide bonds. The van der Waals surface area contributed by atoms with Gasteiger partial charge in [-0.2, -0.15) is 13.2 Å². The zero-order valence-electron chi connectivity index (χ0n) is 16.3. The fourth-order valence-electron chi connectivity index (χ4n) is 4.05. The summed E-state index contributed by atoms with van der Waals surface area (Å²) in [5, 5.41) is 11.3. The molecule has 10 heteroatoms. The van der Waals surface area contributed by atoms with Crippen LogP contribution in [0.4, 0.5) is 19.1 Å². The van der Waals surface area contributed by atoms with Crippen LogP contribution in [0.15, 0.2) is 36.5 Å². The highest BCUT2D eigenvalue weighted by Crippen LogP contribution is 2.29. The molecule has 2 aromatic rings. The van der Waals surface area contributed by atoms with Crippen LogP contribution in [0.25, 0.3) is 0 Å². The lowest BCUT2D eigenvalue weighted by molar-refractivity contribution is -0.141. The van der Waals surface area contributed by atoms with Gasteiger partial charge in [-0.3, -0.25) is 9.80 Å².